The summed E-state index contributed by atoms with van der Waals surface area (Å²) >= 11 is 1.81. The summed E-state index contributed by atoms with van der Waals surface area (Å²) in [5.41, 5.74) is 2.92. The molecule has 0 bridgehead atoms. The van der Waals surface area contributed by atoms with Crippen LogP contribution in [-0.4, -0.2) is 48.1 Å². The average Bonchev–Trinajstić information content (AvgIpc) is 3.45. The van der Waals surface area contributed by atoms with Crippen molar-refractivity contribution in [1.82, 2.24) is 9.80 Å². The molecule has 0 radical (unpaired) electrons. The molecule has 2 aliphatic heterocycles. The van der Waals surface area contributed by atoms with Gasteiger partial charge in [0.25, 0.3) is 5.91 Å². The van der Waals surface area contributed by atoms with E-state index < -0.39 is 0 Å². The number of hydrogen-bond acceptors (Lipinski definition) is 5. The van der Waals surface area contributed by atoms with Crippen molar-refractivity contribution >= 4 is 23.5 Å². The monoisotopic (exact) mass is 391 g/mol. The summed E-state index contributed by atoms with van der Waals surface area (Å²) in [5, 5.41) is 0. The molecule has 0 aliphatic carbocycles. The first-order valence-electron chi connectivity index (χ1n) is 9.53. The summed E-state index contributed by atoms with van der Waals surface area (Å²) in [4.78, 5) is 23.0. The quantitative estimate of drug-likeness (QED) is 0.662. The number of furan rings is 1. The molecular formula is C22H21N3O2S. The van der Waals surface area contributed by atoms with Crippen LogP contribution in [-0.2, 0) is 13.1 Å². The fourth-order valence-electron chi connectivity index (χ4n) is 3.81. The molecule has 0 atom stereocenters. The van der Waals surface area contributed by atoms with Gasteiger partial charge < -0.3 is 4.42 Å². The third kappa shape index (κ3) is 3.58. The maximum atomic E-state index is 11.6. The fourth-order valence-corrected chi connectivity index (χ4v) is 4.83. The predicted molar refractivity (Wildman–Crippen MR) is 111 cm³/mol. The van der Waals surface area contributed by atoms with Crippen LogP contribution in [0.3, 0.4) is 0 Å². The Morgan fingerprint density at radius 1 is 1.00 bits per heavy atom. The van der Waals surface area contributed by atoms with E-state index in [1.54, 1.807) is 12.5 Å². The van der Waals surface area contributed by atoms with E-state index >= 15 is 0 Å². The Bertz CT molecular complexity index is 1010. The minimum absolute atomic E-state index is 0.126. The van der Waals surface area contributed by atoms with Crippen molar-refractivity contribution in [3.63, 3.8) is 0 Å². The minimum Gasteiger partial charge on any atom is -0.464 e. The normalized spacial score (nSPS) is 17.4. The highest BCUT2D eigenvalue weighted by atomic mass is 32.1. The van der Waals surface area contributed by atoms with Crippen LogP contribution in [0.4, 0.5) is 0 Å². The summed E-state index contributed by atoms with van der Waals surface area (Å²) < 4.78 is 5.49. The van der Waals surface area contributed by atoms with Crippen LogP contribution in [0.5, 0.6) is 0 Å². The molecule has 4 heterocycles. The van der Waals surface area contributed by atoms with Crippen LogP contribution in [0.15, 0.2) is 58.1 Å². The lowest BCUT2D eigenvalue weighted by molar-refractivity contribution is 0.101. The summed E-state index contributed by atoms with van der Waals surface area (Å²) in [5.74, 6) is 0.820. The van der Waals surface area contributed by atoms with Gasteiger partial charge >= 0.3 is 0 Å². The van der Waals surface area contributed by atoms with Gasteiger partial charge in [0.1, 0.15) is 5.76 Å². The molecule has 2 aliphatic rings. The molecule has 1 saturated heterocycles. The van der Waals surface area contributed by atoms with Crippen molar-refractivity contribution in [2.45, 2.75) is 13.1 Å². The molecule has 1 amide bonds. The van der Waals surface area contributed by atoms with Gasteiger partial charge in [-0.15, -0.1) is 11.3 Å². The maximum absolute atomic E-state index is 11.6. The number of benzene rings is 1. The Kier molecular flexibility index (Phi) is 4.68. The number of amides is 1. The smallest absolute Gasteiger partial charge is 0.277 e. The number of hydrogen-bond donors (Lipinski definition) is 0. The molecule has 0 spiro atoms. The van der Waals surface area contributed by atoms with E-state index in [0.29, 0.717) is 0 Å². The molecule has 142 valence electrons. The molecule has 2 aromatic heterocycles. The fraction of sp³-hybridized carbons (Fsp3) is 0.273. The van der Waals surface area contributed by atoms with Crippen LogP contribution in [0.25, 0.3) is 10.6 Å². The van der Waals surface area contributed by atoms with Gasteiger partial charge in [-0.05, 0) is 42.0 Å². The van der Waals surface area contributed by atoms with Crippen LogP contribution >= 0.6 is 11.3 Å². The number of carbonyl (C=O) groups is 1. The zero-order valence-corrected chi connectivity index (χ0v) is 16.3. The van der Waals surface area contributed by atoms with Gasteiger partial charge in [-0.3, -0.25) is 14.6 Å². The number of thiophene rings is 1. The molecule has 3 aromatic rings. The van der Waals surface area contributed by atoms with Crippen LogP contribution in [0, 0.1) is 0 Å². The standard InChI is InChI=1S/C22H21N3O2S/c26-22-19-5-3-16(12-17(19)13-23-22)14-24-7-9-25(10-8-24)15-18-4-6-21(28-18)20-2-1-11-27-20/h1-6,11-13H,7-10,14-15H2. The second kappa shape index (κ2) is 7.47. The van der Waals surface area contributed by atoms with Crippen molar-refractivity contribution < 1.29 is 9.21 Å². The van der Waals surface area contributed by atoms with Gasteiger partial charge in [-0.25, -0.2) is 4.99 Å². The van der Waals surface area contributed by atoms with E-state index in [1.807, 2.05) is 29.5 Å². The van der Waals surface area contributed by atoms with Crippen LogP contribution < -0.4 is 0 Å². The second-order valence-corrected chi connectivity index (χ2v) is 8.45. The first-order valence-corrected chi connectivity index (χ1v) is 10.3. The molecular weight excluding hydrogens is 370 g/mol. The van der Waals surface area contributed by atoms with E-state index in [0.717, 1.165) is 56.2 Å². The summed E-state index contributed by atoms with van der Waals surface area (Å²) in [6, 6.07) is 14.4. The van der Waals surface area contributed by atoms with E-state index in [-0.39, 0.29) is 5.91 Å². The van der Waals surface area contributed by atoms with Gasteiger partial charge in [0.15, 0.2) is 0 Å². The SMILES string of the molecule is O=C1N=Cc2cc(CN3CCN(Cc4ccc(-c5ccco5)s4)CC3)ccc21. The average molecular weight is 391 g/mol. The molecule has 1 fully saturated rings. The molecule has 5 nitrogen and oxygen atoms in total. The highest BCUT2D eigenvalue weighted by molar-refractivity contribution is 7.15. The lowest BCUT2D eigenvalue weighted by Gasteiger charge is -2.34. The van der Waals surface area contributed by atoms with Crippen molar-refractivity contribution in [3.8, 4) is 10.6 Å². The largest absolute Gasteiger partial charge is 0.464 e. The van der Waals surface area contributed by atoms with Gasteiger partial charge in [0, 0.05) is 55.9 Å². The summed E-state index contributed by atoms with van der Waals surface area (Å²) in [6.45, 7) is 6.17. The number of rotatable bonds is 5. The van der Waals surface area contributed by atoms with Crippen molar-refractivity contribution in [2.24, 2.45) is 4.99 Å². The maximum Gasteiger partial charge on any atom is 0.277 e. The first-order chi connectivity index (χ1) is 13.7. The number of nitrogens with zero attached hydrogens (tertiary/aromatic N) is 3. The molecule has 5 rings (SSSR count). The predicted octanol–water partition coefficient (Wildman–Crippen LogP) is 3.90. The molecule has 28 heavy (non-hydrogen) atoms. The third-order valence-electron chi connectivity index (χ3n) is 5.34. The number of carbonyl (C=O) groups excluding carboxylic acids is 1. The van der Waals surface area contributed by atoms with E-state index in [1.165, 1.54) is 15.3 Å². The summed E-state index contributed by atoms with van der Waals surface area (Å²) in [7, 11) is 0. The van der Waals surface area contributed by atoms with E-state index in [4.69, 9.17) is 4.42 Å². The first kappa shape index (κ1) is 17.6. The Morgan fingerprint density at radius 2 is 1.82 bits per heavy atom. The second-order valence-electron chi connectivity index (χ2n) is 7.28. The van der Waals surface area contributed by atoms with Crippen molar-refractivity contribution in [2.75, 3.05) is 26.2 Å². The molecule has 6 heteroatoms. The van der Waals surface area contributed by atoms with Crippen molar-refractivity contribution in [1.29, 1.82) is 0 Å². The Morgan fingerprint density at radius 3 is 2.61 bits per heavy atom. The topological polar surface area (TPSA) is 49.1 Å². The minimum atomic E-state index is -0.126. The van der Waals surface area contributed by atoms with E-state index in [9.17, 15) is 4.79 Å². The van der Waals surface area contributed by atoms with E-state index in [2.05, 4.69) is 39.1 Å². The lowest BCUT2D eigenvalue weighted by atomic mass is 10.1. The number of aliphatic imine (C=N–C) groups is 1. The lowest BCUT2D eigenvalue weighted by Crippen LogP contribution is -2.45. The third-order valence-corrected chi connectivity index (χ3v) is 6.43. The van der Waals surface area contributed by atoms with Gasteiger partial charge in [0.2, 0.25) is 0 Å². The van der Waals surface area contributed by atoms with Crippen molar-refractivity contribution in [3.05, 3.63) is 70.3 Å². The van der Waals surface area contributed by atoms with Crippen LogP contribution in [0.1, 0.15) is 26.4 Å². The Hall–Kier alpha value is -2.54. The molecule has 0 N–H and O–H groups in total. The molecule has 0 unspecified atom stereocenters. The van der Waals surface area contributed by atoms with Gasteiger partial charge in [-0.2, -0.15) is 0 Å². The number of fused-ring (bicyclic) bond motifs is 1. The van der Waals surface area contributed by atoms with Crippen LogP contribution in [0.2, 0.25) is 0 Å². The molecule has 1 aromatic carbocycles. The zero-order valence-electron chi connectivity index (χ0n) is 15.5. The molecule has 0 saturated carbocycles. The highest BCUT2D eigenvalue weighted by Gasteiger charge is 2.20. The zero-order chi connectivity index (χ0) is 18.9. The Labute approximate surface area is 167 Å². The number of piperazine rings is 1. The van der Waals surface area contributed by atoms with Gasteiger partial charge in [-0.1, -0.05) is 6.07 Å². The highest BCUT2D eigenvalue weighted by Crippen LogP contribution is 2.29. The Balaban J connectivity index is 1.15. The summed E-state index contributed by atoms with van der Waals surface area (Å²) in [6.07, 6.45) is 3.40. The van der Waals surface area contributed by atoms with Gasteiger partial charge in [0.05, 0.1) is 16.7 Å².